The second kappa shape index (κ2) is 18.6. The summed E-state index contributed by atoms with van der Waals surface area (Å²) >= 11 is 0. The molecule has 1 aromatic carbocycles. The van der Waals surface area contributed by atoms with E-state index in [4.69, 9.17) is 0 Å². The van der Waals surface area contributed by atoms with E-state index < -0.39 is 0 Å². The lowest BCUT2D eigenvalue weighted by molar-refractivity contribution is -0.121. The van der Waals surface area contributed by atoms with Crippen LogP contribution in [0.2, 0.25) is 0 Å². The molecule has 0 heterocycles. The van der Waals surface area contributed by atoms with Crippen molar-refractivity contribution in [2.45, 2.75) is 81.6 Å². The Morgan fingerprint density at radius 1 is 0.920 bits per heavy atom. The molecule has 0 radical (unpaired) electrons. The van der Waals surface area contributed by atoms with E-state index in [0.717, 1.165) is 17.5 Å². The van der Waals surface area contributed by atoms with Crippen molar-refractivity contribution in [3.63, 3.8) is 0 Å². The number of Topliss-reactive ketones (excluding diaryl/α,β-unsaturated/α-hetero) is 3. The zero-order chi connectivity index (χ0) is 20.4. The number of carbonyl (C=O) groups is 3. The Morgan fingerprint density at radius 3 is 1.72 bits per heavy atom. The average Bonchev–Trinajstić information content (AvgIpc) is 2.63. The topological polar surface area (TPSA) is 51.2 Å². The minimum atomic E-state index is 0.0453. The summed E-state index contributed by atoms with van der Waals surface area (Å²) in [7, 11) is 0. The van der Waals surface area contributed by atoms with Gasteiger partial charge in [-0.15, -0.1) is 0 Å². The fraction of sp³-hybridized carbons (Fsp3) is 0.591. The summed E-state index contributed by atoms with van der Waals surface area (Å²) in [5.74, 6) is 0.528. The van der Waals surface area contributed by atoms with Gasteiger partial charge in [-0.3, -0.25) is 9.59 Å². The van der Waals surface area contributed by atoms with Crippen LogP contribution in [0.15, 0.2) is 24.3 Å². The van der Waals surface area contributed by atoms with Crippen molar-refractivity contribution in [2.24, 2.45) is 5.92 Å². The molecule has 0 fully saturated rings. The Labute approximate surface area is 155 Å². The highest BCUT2D eigenvalue weighted by Gasteiger charge is 2.07. The minimum Gasteiger partial charge on any atom is -0.300 e. The molecule has 0 spiro atoms. The molecule has 0 bridgehead atoms. The van der Waals surface area contributed by atoms with Crippen LogP contribution >= 0.6 is 0 Å². The summed E-state index contributed by atoms with van der Waals surface area (Å²) in [6, 6.07) is 7.74. The first-order valence-corrected chi connectivity index (χ1v) is 9.38. The van der Waals surface area contributed by atoms with Crippen molar-refractivity contribution in [2.75, 3.05) is 0 Å². The van der Waals surface area contributed by atoms with E-state index in [1.807, 2.05) is 58.9 Å². The molecule has 0 N–H and O–H groups in total. The van der Waals surface area contributed by atoms with Gasteiger partial charge in [-0.1, -0.05) is 65.8 Å². The fourth-order valence-electron chi connectivity index (χ4n) is 1.80. The number of aryl methyl sites for hydroxylation is 1. The summed E-state index contributed by atoms with van der Waals surface area (Å²) in [4.78, 5) is 32.1. The molecule has 3 nitrogen and oxygen atoms in total. The summed E-state index contributed by atoms with van der Waals surface area (Å²) in [5, 5.41) is 0. The van der Waals surface area contributed by atoms with Gasteiger partial charge in [0.15, 0.2) is 5.78 Å². The first-order valence-electron chi connectivity index (χ1n) is 9.38. The molecule has 1 rings (SSSR count). The van der Waals surface area contributed by atoms with Gasteiger partial charge in [-0.05, 0) is 39.2 Å². The lowest BCUT2D eigenvalue weighted by Gasteiger charge is -2.03. The van der Waals surface area contributed by atoms with Crippen LogP contribution in [0.4, 0.5) is 0 Å². The molecule has 0 aliphatic carbocycles. The van der Waals surface area contributed by atoms with E-state index in [2.05, 4.69) is 6.92 Å². The molecular weight excluding hydrogens is 312 g/mol. The predicted octanol–water partition coefficient (Wildman–Crippen LogP) is 6.08. The molecule has 0 aromatic heterocycles. The number of ketones is 3. The Morgan fingerprint density at radius 2 is 1.40 bits per heavy atom. The van der Waals surface area contributed by atoms with Gasteiger partial charge >= 0.3 is 0 Å². The molecule has 0 aliphatic rings. The van der Waals surface area contributed by atoms with E-state index in [-0.39, 0.29) is 23.3 Å². The maximum atomic E-state index is 11.0. The van der Waals surface area contributed by atoms with E-state index in [1.54, 1.807) is 20.8 Å². The average molecular weight is 351 g/mol. The lowest BCUT2D eigenvalue weighted by atomic mass is 10.0. The maximum Gasteiger partial charge on any atom is 0.160 e. The Kier molecular flexibility index (Phi) is 20.8. The first-order chi connectivity index (χ1) is 11.8. The van der Waals surface area contributed by atoms with Crippen molar-refractivity contribution in [1.82, 2.24) is 0 Å². The molecule has 1 aromatic rings. The zero-order valence-electron chi connectivity index (χ0n) is 17.7. The van der Waals surface area contributed by atoms with Crippen LogP contribution in [0, 0.1) is 5.92 Å². The quantitative estimate of drug-likeness (QED) is 0.584. The number of carbonyl (C=O) groups excluding carboxylic acids is 3. The largest absolute Gasteiger partial charge is 0.300 e. The molecule has 0 saturated carbocycles. The molecule has 0 saturated heterocycles. The SMILES string of the molecule is CC.CC.CC(=O)CCC(C)C(C)=O.CCc1ccccc1C(C)=O. The molecule has 144 valence electrons. The molecule has 3 heteroatoms. The molecule has 1 atom stereocenters. The molecule has 0 aliphatic heterocycles. The Hall–Kier alpha value is -1.77. The van der Waals surface area contributed by atoms with Crippen LogP contribution in [-0.2, 0) is 16.0 Å². The summed E-state index contributed by atoms with van der Waals surface area (Å²) in [5.41, 5.74) is 2.00. The van der Waals surface area contributed by atoms with E-state index >= 15 is 0 Å². The van der Waals surface area contributed by atoms with Crippen LogP contribution in [0.1, 0.15) is 91.1 Å². The van der Waals surface area contributed by atoms with Crippen LogP contribution in [0.25, 0.3) is 0 Å². The summed E-state index contributed by atoms with van der Waals surface area (Å²) in [6.45, 7) is 16.6. The monoisotopic (exact) mass is 350 g/mol. The molecular formula is C22H38O3. The Bertz CT molecular complexity index is 490. The van der Waals surface area contributed by atoms with Gasteiger partial charge in [-0.25, -0.2) is 0 Å². The highest BCUT2D eigenvalue weighted by Crippen LogP contribution is 2.09. The van der Waals surface area contributed by atoms with Gasteiger partial charge in [0.2, 0.25) is 0 Å². The van der Waals surface area contributed by atoms with Gasteiger partial charge in [0.05, 0.1) is 0 Å². The number of benzene rings is 1. The third-order valence-corrected chi connectivity index (χ3v) is 3.40. The third kappa shape index (κ3) is 15.5. The number of hydrogen-bond acceptors (Lipinski definition) is 3. The highest BCUT2D eigenvalue weighted by molar-refractivity contribution is 5.95. The standard InChI is InChI=1S/C10H12O.C8H14O2.2C2H6/c1-3-9-6-4-5-7-10(9)8(2)11;1-6(8(3)10)4-5-7(2)9;2*1-2/h4-7H,3H2,1-2H3;6H,4-5H2,1-3H3;2*1-2H3. The van der Waals surface area contributed by atoms with E-state index in [9.17, 15) is 14.4 Å². The van der Waals surface area contributed by atoms with Crippen LogP contribution in [0.3, 0.4) is 0 Å². The van der Waals surface area contributed by atoms with Crippen LogP contribution in [0.5, 0.6) is 0 Å². The van der Waals surface area contributed by atoms with Crippen LogP contribution < -0.4 is 0 Å². The lowest BCUT2D eigenvalue weighted by Crippen LogP contribution is -2.07. The minimum absolute atomic E-state index is 0.0453. The number of rotatable bonds is 6. The normalized spacial score (nSPS) is 9.80. The van der Waals surface area contributed by atoms with E-state index in [0.29, 0.717) is 12.8 Å². The molecule has 25 heavy (non-hydrogen) atoms. The maximum absolute atomic E-state index is 11.0. The second-order valence-electron chi connectivity index (χ2n) is 5.32. The van der Waals surface area contributed by atoms with Crippen LogP contribution in [-0.4, -0.2) is 17.3 Å². The molecule has 1 unspecified atom stereocenters. The van der Waals surface area contributed by atoms with Crippen molar-refractivity contribution in [1.29, 1.82) is 0 Å². The van der Waals surface area contributed by atoms with Gasteiger partial charge in [0.25, 0.3) is 0 Å². The number of hydrogen-bond donors (Lipinski definition) is 0. The molecule has 0 amide bonds. The van der Waals surface area contributed by atoms with Crippen molar-refractivity contribution < 1.29 is 14.4 Å². The van der Waals surface area contributed by atoms with Crippen molar-refractivity contribution >= 4 is 17.3 Å². The van der Waals surface area contributed by atoms with E-state index in [1.165, 1.54) is 0 Å². The zero-order valence-corrected chi connectivity index (χ0v) is 17.7. The third-order valence-electron chi connectivity index (χ3n) is 3.40. The summed E-state index contributed by atoms with van der Waals surface area (Å²) in [6.07, 6.45) is 2.15. The van der Waals surface area contributed by atoms with Gasteiger partial charge in [0.1, 0.15) is 11.6 Å². The van der Waals surface area contributed by atoms with Gasteiger partial charge in [0, 0.05) is 17.9 Å². The van der Waals surface area contributed by atoms with Gasteiger partial charge in [-0.2, -0.15) is 0 Å². The summed E-state index contributed by atoms with van der Waals surface area (Å²) < 4.78 is 0. The smallest absolute Gasteiger partial charge is 0.160 e. The predicted molar refractivity (Wildman–Crippen MR) is 108 cm³/mol. The highest BCUT2D eigenvalue weighted by atomic mass is 16.1. The van der Waals surface area contributed by atoms with Crippen molar-refractivity contribution in [3.05, 3.63) is 35.4 Å². The fourth-order valence-corrected chi connectivity index (χ4v) is 1.80. The Balaban J connectivity index is -0.000000324. The first kappa shape index (κ1) is 28.1. The van der Waals surface area contributed by atoms with Crippen molar-refractivity contribution in [3.8, 4) is 0 Å². The second-order valence-corrected chi connectivity index (χ2v) is 5.32. The van der Waals surface area contributed by atoms with Gasteiger partial charge < -0.3 is 4.79 Å².